The molecule has 0 aliphatic carbocycles. The van der Waals surface area contributed by atoms with Gasteiger partial charge in [0.2, 0.25) is 0 Å². The summed E-state index contributed by atoms with van der Waals surface area (Å²) in [7, 11) is 0. The van der Waals surface area contributed by atoms with Crippen LogP contribution < -0.4 is 21.9 Å². The van der Waals surface area contributed by atoms with Gasteiger partial charge in [-0.15, -0.1) is 11.3 Å². The first-order chi connectivity index (χ1) is 12.2. The molecule has 3 rings (SSSR count). The zero-order valence-corrected chi connectivity index (χ0v) is 14.1. The summed E-state index contributed by atoms with van der Waals surface area (Å²) in [5, 5.41) is 5.22. The number of hydrazine groups is 1. The van der Waals surface area contributed by atoms with Gasteiger partial charge in [0.1, 0.15) is 17.7 Å². The van der Waals surface area contributed by atoms with Crippen molar-refractivity contribution in [2.75, 3.05) is 23.0 Å². The molecule has 9 heteroatoms. The number of nitrogens with two attached hydrogens (primary N) is 1. The Morgan fingerprint density at radius 3 is 2.76 bits per heavy atom. The van der Waals surface area contributed by atoms with Gasteiger partial charge in [-0.2, -0.15) is 0 Å². The van der Waals surface area contributed by atoms with Gasteiger partial charge in [0.25, 0.3) is 5.91 Å². The van der Waals surface area contributed by atoms with Crippen LogP contribution in [0.3, 0.4) is 0 Å². The summed E-state index contributed by atoms with van der Waals surface area (Å²) in [5.41, 5.74) is 11.9. The molecule has 0 spiro atoms. The normalized spacial score (nSPS) is 10.2. The van der Waals surface area contributed by atoms with Crippen molar-refractivity contribution in [1.29, 1.82) is 0 Å². The van der Waals surface area contributed by atoms with Gasteiger partial charge >= 0.3 is 0 Å². The van der Waals surface area contributed by atoms with E-state index in [2.05, 4.69) is 37.2 Å². The Labute approximate surface area is 148 Å². The highest BCUT2D eigenvalue weighted by molar-refractivity contribution is 7.09. The number of pyridine rings is 1. The van der Waals surface area contributed by atoms with Crippen LogP contribution in [0.5, 0.6) is 0 Å². The predicted molar refractivity (Wildman–Crippen MR) is 98.3 cm³/mol. The molecule has 128 valence electrons. The lowest BCUT2D eigenvalue weighted by Gasteiger charge is -2.12. The van der Waals surface area contributed by atoms with Crippen molar-refractivity contribution in [2.24, 2.45) is 0 Å². The monoisotopic (exact) mass is 355 g/mol. The van der Waals surface area contributed by atoms with E-state index in [-0.39, 0.29) is 11.6 Å². The fourth-order valence-corrected chi connectivity index (χ4v) is 2.78. The lowest BCUT2D eigenvalue weighted by Crippen LogP contribution is -2.31. The molecule has 0 unspecified atom stereocenters. The summed E-state index contributed by atoms with van der Waals surface area (Å²) in [6.07, 6.45) is 3.79. The van der Waals surface area contributed by atoms with Crippen LogP contribution in [-0.4, -0.2) is 27.4 Å². The molecule has 0 saturated carbocycles. The summed E-state index contributed by atoms with van der Waals surface area (Å²) < 4.78 is 0. The van der Waals surface area contributed by atoms with Crippen LogP contribution in [-0.2, 0) is 6.42 Å². The maximum atomic E-state index is 12.0. The Hall–Kier alpha value is -3.20. The summed E-state index contributed by atoms with van der Waals surface area (Å²) in [6, 6.07) is 9.18. The number of nitrogens with zero attached hydrogens (tertiary/aromatic N) is 3. The van der Waals surface area contributed by atoms with Crippen LogP contribution in [0, 0.1) is 0 Å². The topological polar surface area (TPSA) is 118 Å². The number of aromatic nitrogens is 3. The van der Waals surface area contributed by atoms with E-state index in [1.54, 1.807) is 35.7 Å². The Balaban J connectivity index is 1.57. The molecule has 0 atom stereocenters. The van der Waals surface area contributed by atoms with E-state index in [0.717, 1.165) is 6.42 Å². The van der Waals surface area contributed by atoms with Gasteiger partial charge in [-0.25, -0.2) is 9.97 Å². The number of nitrogen functional groups attached to an aromatic ring is 1. The molecule has 0 aliphatic heterocycles. The zero-order valence-electron chi connectivity index (χ0n) is 13.3. The molecule has 25 heavy (non-hydrogen) atoms. The third-order valence-corrected chi connectivity index (χ3v) is 4.26. The van der Waals surface area contributed by atoms with Crippen molar-refractivity contribution in [2.45, 2.75) is 6.42 Å². The Morgan fingerprint density at radius 1 is 1.12 bits per heavy atom. The molecule has 8 nitrogen and oxygen atoms in total. The molecule has 3 heterocycles. The number of hydrogen-bond donors (Lipinski definition) is 4. The van der Waals surface area contributed by atoms with Crippen molar-refractivity contribution < 1.29 is 4.79 Å². The fourth-order valence-electron chi connectivity index (χ4n) is 2.07. The molecule has 1 amide bonds. The molecule has 3 aromatic rings. The minimum atomic E-state index is -0.384. The van der Waals surface area contributed by atoms with E-state index in [1.165, 1.54) is 11.2 Å². The number of rotatable bonds is 7. The highest BCUT2D eigenvalue weighted by Gasteiger charge is 2.10. The molecule has 0 aromatic carbocycles. The van der Waals surface area contributed by atoms with Gasteiger partial charge in [-0.1, -0.05) is 12.1 Å². The van der Waals surface area contributed by atoms with E-state index in [0.29, 0.717) is 23.9 Å². The summed E-state index contributed by atoms with van der Waals surface area (Å²) in [6.45, 7) is 0.696. The summed E-state index contributed by atoms with van der Waals surface area (Å²) in [4.78, 5) is 25.4. The number of carbonyl (C=O) groups is 1. The number of nitrogens with one attached hydrogen (secondary N) is 3. The molecular formula is C16H17N7OS. The first-order valence-electron chi connectivity index (χ1n) is 7.58. The second kappa shape index (κ2) is 8.06. The fraction of sp³-hybridized carbons (Fsp3) is 0.125. The van der Waals surface area contributed by atoms with Crippen molar-refractivity contribution in [3.05, 3.63) is 58.8 Å². The van der Waals surface area contributed by atoms with Crippen LogP contribution in [0.15, 0.2) is 48.2 Å². The maximum absolute atomic E-state index is 12.0. The van der Waals surface area contributed by atoms with Crippen molar-refractivity contribution in [3.63, 3.8) is 0 Å². The van der Waals surface area contributed by atoms with Gasteiger partial charge in [0.15, 0.2) is 11.6 Å². The molecule has 0 radical (unpaired) electrons. The Bertz CT molecular complexity index is 824. The van der Waals surface area contributed by atoms with E-state index in [4.69, 9.17) is 5.73 Å². The summed E-state index contributed by atoms with van der Waals surface area (Å²) in [5.74, 6) is 0.449. The molecule has 0 saturated heterocycles. The molecule has 5 N–H and O–H groups in total. The van der Waals surface area contributed by atoms with E-state index >= 15 is 0 Å². The predicted octanol–water partition coefficient (Wildman–Crippen LogP) is 1.93. The minimum absolute atomic E-state index is 0.289. The number of amides is 1. The number of thiophene rings is 1. The second-order valence-electron chi connectivity index (χ2n) is 5.03. The van der Waals surface area contributed by atoms with Crippen molar-refractivity contribution >= 4 is 34.6 Å². The van der Waals surface area contributed by atoms with Crippen LogP contribution >= 0.6 is 11.3 Å². The minimum Gasteiger partial charge on any atom is -0.393 e. The van der Waals surface area contributed by atoms with Crippen molar-refractivity contribution in [3.8, 4) is 0 Å². The van der Waals surface area contributed by atoms with Gasteiger partial charge in [0.05, 0.1) is 0 Å². The zero-order chi connectivity index (χ0) is 17.5. The van der Waals surface area contributed by atoms with Gasteiger partial charge in [0, 0.05) is 17.6 Å². The highest BCUT2D eigenvalue weighted by Crippen LogP contribution is 2.21. The molecule has 0 fully saturated rings. The maximum Gasteiger partial charge on any atom is 0.288 e. The quantitative estimate of drug-likeness (QED) is 0.478. The standard InChI is InChI=1S/C16H17N7OS/c17-13-14(19-8-6-11-4-3-9-25-11)20-10-21-15(13)22-23-16(24)12-5-1-2-7-18-12/h1-5,7,9-10H,6,8,17H2,(H,23,24)(H2,19,20,21,22). The van der Waals surface area contributed by atoms with Crippen molar-refractivity contribution in [1.82, 2.24) is 20.4 Å². The molecular weight excluding hydrogens is 338 g/mol. The average molecular weight is 355 g/mol. The average Bonchev–Trinajstić information content (AvgIpc) is 3.16. The van der Waals surface area contributed by atoms with Gasteiger partial charge < -0.3 is 11.1 Å². The molecule has 0 bridgehead atoms. The second-order valence-corrected chi connectivity index (χ2v) is 6.07. The lowest BCUT2D eigenvalue weighted by atomic mass is 10.3. The summed E-state index contributed by atoms with van der Waals surface area (Å²) >= 11 is 1.70. The number of hydrogen-bond acceptors (Lipinski definition) is 8. The lowest BCUT2D eigenvalue weighted by molar-refractivity contribution is 0.0957. The van der Waals surface area contributed by atoms with Gasteiger partial charge in [-0.05, 0) is 30.0 Å². The first kappa shape index (κ1) is 16.7. The Kier molecular flexibility index (Phi) is 5.37. The van der Waals surface area contributed by atoms with Crippen LogP contribution in [0.25, 0.3) is 0 Å². The third kappa shape index (κ3) is 4.42. The third-order valence-electron chi connectivity index (χ3n) is 3.32. The smallest absolute Gasteiger partial charge is 0.288 e. The van der Waals surface area contributed by atoms with E-state index in [9.17, 15) is 4.79 Å². The SMILES string of the molecule is Nc1c(NCCc2cccs2)ncnc1NNC(=O)c1ccccn1. The van der Waals surface area contributed by atoms with Gasteiger partial charge in [-0.3, -0.25) is 20.6 Å². The number of carbonyl (C=O) groups excluding carboxylic acids is 1. The Morgan fingerprint density at radius 2 is 2.00 bits per heavy atom. The van der Waals surface area contributed by atoms with E-state index < -0.39 is 0 Å². The number of anilines is 3. The van der Waals surface area contributed by atoms with Crippen LogP contribution in [0.1, 0.15) is 15.4 Å². The molecule has 0 aliphatic rings. The van der Waals surface area contributed by atoms with Crippen LogP contribution in [0.2, 0.25) is 0 Å². The largest absolute Gasteiger partial charge is 0.393 e. The van der Waals surface area contributed by atoms with E-state index in [1.807, 2.05) is 11.4 Å². The first-order valence-corrected chi connectivity index (χ1v) is 8.46. The highest BCUT2D eigenvalue weighted by atomic mass is 32.1. The molecule has 3 aromatic heterocycles. The van der Waals surface area contributed by atoms with Crippen LogP contribution in [0.4, 0.5) is 17.3 Å².